The van der Waals surface area contributed by atoms with E-state index in [0.29, 0.717) is 6.54 Å². The quantitative estimate of drug-likeness (QED) is 0.510. The lowest BCUT2D eigenvalue weighted by Gasteiger charge is -2.03. The molecule has 0 saturated heterocycles. The second-order valence-corrected chi connectivity index (χ2v) is 3.97. The summed E-state index contributed by atoms with van der Waals surface area (Å²) >= 11 is 0. The molecular formula is C12H27N2. The zero-order chi connectivity index (χ0) is 10.5. The Morgan fingerprint density at radius 1 is 0.786 bits per heavy atom. The molecule has 1 radical (unpaired) electrons. The first-order valence-electron chi connectivity index (χ1n) is 6.27. The molecule has 2 N–H and O–H groups in total. The third kappa shape index (κ3) is 11.9. The van der Waals surface area contributed by atoms with Crippen LogP contribution in [0.1, 0.15) is 58.3 Å². The summed E-state index contributed by atoms with van der Waals surface area (Å²) in [6.07, 6.45) is 10.3. The predicted octanol–water partition coefficient (Wildman–Crippen LogP) is 3.00. The highest BCUT2D eigenvalue weighted by molar-refractivity contribution is 4.50. The highest BCUT2D eigenvalue weighted by atomic mass is 14.8. The molecule has 0 aliphatic carbocycles. The van der Waals surface area contributed by atoms with Gasteiger partial charge in [0.2, 0.25) is 0 Å². The van der Waals surface area contributed by atoms with Gasteiger partial charge in [0, 0.05) is 6.54 Å². The molecule has 0 unspecified atom stereocenters. The lowest BCUT2D eigenvalue weighted by molar-refractivity contribution is 0.558. The lowest BCUT2D eigenvalue weighted by atomic mass is 10.1. The van der Waals surface area contributed by atoms with E-state index in [1.165, 1.54) is 58.0 Å². The molecule has 85 valence electrons. The van der Waals surface area contributed by atoms with Crippen LogP contribution in [-0.4, -0.2) is 19.6 Å². The fourth-order valence-electron chi connectivity index (χ4n) is 1.51. The molecule has 0 rings (SSSR count). The summed E-state index contributed by atoms with van der Waals surface area (Å²) in [4.78, 5) is 0. The molecule has 0 aliphatic rings. The number of unbranched alkanes of at least 4 members (excludes halogenated alkanes) is 6. The van der Waals surface area contributed by atoms with Crippen molar-refractivity contribution in [3.05, 3.63) is 0 Å². The molecule has 0 heterocycles. The molecule has 0 amide bonds. The van der Waals surface area contributed by atoms with Crippen LogP contribution in [0.3, 0.4) is 0 Å². The van der Waals surface area contributed by atoms with E-state index in [2.05, 4.69) is 12.2 Å². The standard InChI is InChI=1S/C12H27N2/c1-2-3-11-14-12-9-7-5-4-6-8-10-13/h13-14H,2-12H2,1H3. The molecule has 0 bridgehead atoms. The molecule has 0 aromatic rings. The summed E-state index contributed by atoms with van der Waals surface area (Å²) in [5, 5.41) is 3.46. The normalized spacial score (nSPS) is 10.7. The van der Waals surface area contributed by atoms with E-state index in [4.69, 9.17) is 5.73 Å². The van der Waals surface area contributed by atoms with Crippen LogP contribution in [0.4, 0.5) is 0 Å². The fraction of sp³-hybridized carbons (Fsp3) is 1.00. The summed E-state index contributed by atoms with van der Waals surface area (Å²) in [5.74, 6) is 0. The first kappa shape index (κ1) is 13.9. The predicted molar refractivity (Wildman–Crippen MR) is 63.4 cm³/mol. The van der Waals surface area contributed by atoms with E-state index in [0.717, 1.165) is 6.42 Å². The van der Waals surface area contributed by atoms with E-state index >= 15 is 0 Å². The van der Waals surface area contributed by atoms with Crippen molar-refractivity contribution in [3.63, 3.8) is 0 Å². The lowest BCUT2D eigenvalue weighted by Crippen LogP contribution is -2.16. The second kappa shape index (κ2) is 12.9. The van der Waals surface area contributed by atoms with Crippen LogP contribution in [0.25, 0.3) is 0 Å². The first-order chi connectivity index (χ1) is 6.91. The van der Waals surface area contributed by atoms with Crippen molar-refractivity contribution in [2.75, 3.05) is 19.6 Å². The zero-order valence-electron chi connectivity index (χ0n) is 9.78. The third-order valence-corrected chi connectivity index (χ3v) is 2.49. The van der Waals surface area contributed by atoms with Crippen LogP contribution < -0.4 is 11.1 Å². The number of hydrogen-bond donors (Lipinski definition) is 1. The number of nitrogens with one attached hydrogen (secondary N) is 2. The maximum atomic E-state index is 7.00. The molecule has 0 saturated carbocycles. The van der Waals surface area contributed by atoms with E-state index < -0.39 is 0 Å². The summed E-state index contributed by atoms with van der Waals surface area (Å²) in [7, 11) is 0. The molecule has 0 aromatic carbocycles. The van der Waals surface area contributed by atoms with Crippen molar-refractivity contribution in [1.29, 1.82) is 0 Å². The van der Waals surface area contributed by atoms with Gasteiger partial charge in [0.25, 0.3) is 0 Å². The van der Waals surface area contributed by atoms with Crippen molar-refractivity contribution in [2.45, 2.75) is 58.3 Å². The largest absolute Gasteiger partial charge is 0.317 e. The molecule has 0 aliphatic heterocycles. The Morgan fingerprint density at radius 3 is 2.00 bits per heavy atom. The Hall–Kier alpha value is -0.0800. The molecule has 2 nitrogen and oxygen atoms in total. The Kier molecular flexibility index (Phi) is 12.8. The number of hydrogen-bond acceptors (Lipinski definition) is 1. The van der Waals surface area contributed by atoms with Gasteiger partial charge in [-0.3, -0.25) is 5.73 Å². The minimum atomic E-state index is 0.610. The topological polar surface area (TPSA) is 35.8 Å². The monoisotopic (exact) mass is 199 g/mol. The Bertz CT molecular complexity index is 82.3. The highest BCUT2D eigenvalue weighted by Gasteiger charge is 1.90. The summed E-state index contributed by atoms with van der Waals surface area (Å²) in [6.45, 7) is 5.22. The van der Waals surface area contributed by atoms with Crippen LogP contribution in [0.2, 0.25) is 0 Å². The van der Waals surface area contributed by atoms with E-state index in [1.54, 1.807) is 0 Å². The summed E-state index contributed by atoms with van der Waals surface area (Å²) < 4.78 is 0. The summed E-state index contributed by atoms with van der Waals surface area (Å²) in [5.41, 5.74) is 7.00. The van der Waals surface area contributed by atoms with Gasteiger partial charge in [-0.2, -0.15) is 0 Å². The van der Waals surface area contributed by atoms with Crippen LogP contribution in [0.5, 0.6) is 0 Å². The fourth-order valence-corrected chi connectivity index (χ4v) is 1.51. The smallest absolute Gasteiger partial charge is 0.00997 e. The van der Waals surface area contributed by atoms with E-state index in [1.807, 2.05) is 0 Å². The van der Waals surface area contributed by atoms with Gasteiger partial charge in [-0.25, -0.2) is 0 Å². The molecule has 14 heavy (non-hydrogen) atoms. The van der Waals surface area contributed by atoms with Gasteiger partial charge in [-0.15, -0.1) is 0 Å². The van der Waals surface area contributed by atoms with Crippen molar-refractivity contribution in [3.8, 4) is 0 Å². The first-order valence-corrected chi connectivity index (χ1v) is 6.27. The van der Waals surface area contributed by atoms with Gasteiger partial charge in [0.1, 0.15) is 0 Å². The maximum absolute atomic E-state index is 7.00. The average Bonchev–Trinajstić information content (AvgIpc) is 2.21. The van der Waals surface area contributed by atoms with Gasteiger partial charge in [-0.05, 0) is 32.4 Å². The van der Waals surface area contributed by atoms with E-state index in [9.17, 15) is 0 Å². The van der Waals surface area contributed by atoms with Gasteiger partial charge in [-0.1, -0.05) is 39.0 Å². The average molecular weight is 199 g/mol. The van der Waals surface area contributed by atoms with Gasteiger partial charge < -0.3 is 5.32 Å². The van der Waals surface area contributed by atoms with Crippen LogP contribution >= 0.6 is 0 Å². The Balaban J connectivity index is 2.78. The Labute approximate surface area is 89.6 Å². The van der Waals surface area contributed by atoms with Crippen LogP contribution in [-0.2, 0) is 0 Å². The minimum absolute atomic E-state index is 0.610. The second-order valence-electron chi connectivity index (χ2n) is 3.97. The number of rotatable bonds is 11. The van der Waals surface area contributed by atoms with Crippen LogP contribution in [0.15, 0.2) is 0 Å². The summed E-state index contributed by atoms with van der Waals surface area (Å²) in [6, 6.07) is 0. The van der Waals surface area contributed by atoms with Crippen molar-refractivity contribution >= 4 is 0 Å². The molecule has 2 heteroatoms. The van der Waals surface area contributed by atoms with Gasteiger partial charge in [0.05, 0.1) is 0 Å². The molecule has 0 fully saturated rings. The Morgan fingerprint density at radius 2 is 1.36 bits per heavy atom. The van der Waals surface area contributed by atoms with Crippen LogP contribution in [0, 0.1) is 0 Å². The van der Waals surface area contributed by atoms with Crippen molar-refractivity contribution in [1.82, 2.24) is 11.1 Å². The SMILES string of the molecule is CCCCNCCCCCCCC[NH]. The van der Waals surface area contributed by atoms with Gasteiger partial charge >= 0.3 is 0 Å². The minimum Gasteiger partial charge on any atom is -0.317 e. The molecule has 0 atom stereocenters. The molecular weight excluding hydrogens is 172 g/mol. The highest BCUT2D eigenvalue weighted by Crippen LogP contribution is 2.04. The maximum Gasteiger partial charge on any atom is 0.00997 e. The van der Waals surface area contributed by atoms with Gasteiger partial charge in [0.15, 0.2) is 0 Å². The molecule has 0 aromatic heterocycles. The molecule has 0 spiro atoms. The zero-order valence-corrected chi connectivity index (χ0v) is 9.78. The van der Waals surface area contributed by atoms with E-state index in [-0.39, 0.29) is 0 Å². The third-order valence-electron chi connectivity index (χ3n) is 2.49. The van der Waals surface area contributed by atoms with Crippen molar-refractivity contribution < 1.29 is 0 Å². The van der Waals surface area contributed by atoms with Crippen molar-refractivity contribution in [2.24, 2.45) is 0 Å².